The number of anilines is 1. The highest BCUT2D eigenvalue weighted by molar-refractivity contribution is 6.30. The third kappa shape index (κ3) is 3.11. The van der Waals surface area contributed by atoms with Crippen LogP contribution in [0.5, 0.6) is 0 Å². The molecule has 0 heterocycles. The van der Waals surface area contributed by atoms with Crippen molar-refractivity contribution >= 4 is 23.2 Å². The van der Waals surface area contributed by atoms with Crippen LogP contribution in [0, 0.1) is 6.92 Å². The standard InChI is InChI=1S/C16H17ClN2O/c1-10-14(7-4-8-15(10)18)16(20)19-11(2)12-5-3-6-13(17)9-12/h3-9,11H,18H2,1-2H3,(H,19,20). The highest BCUT2D eigenvalue weighted by Crippen LogP contribution is 2.20. The lowest BCUT2D eigenvalue weighted by molar-refractivity contribution is 0.0939. The lowest BCUT2D eigenvalue weighted by Crippen LogP contribution is -2.27. The molecule has 3 N–H and O–H groups in total. The van der Waals surface area contributed by atoms with E-state index in [2.05, 4.69) is 5.32 Å². The molecule has 2 aromatic rings. The van der Waals surface area contributed by atoms with Gasteiger partial charge in [0.2, 0.25) is 0 Å². The van der Waals surface area contributed by atoms with Gasteiger partial charge in [0.15, 0.2) is 0 Å². The molecule has 1 amide bonds. The summed E-state index contributed by atoms with van der Waals surface area (Å²) in [4.78, 5) is 12.3. The van der Waals surface area contributed by atoms with E-state index in [-0.39, 0.29) is 11.9 Å². The number of hydrogen-bond acceptors (Lipinski definition) is 2. The monoisotopic (exact) mass is 288 g/mol. The van der Waals surface area contributed by atoms with Crippen molar-refractivity contribution in [3.63, 3.8) is 0 Å². The summed E-state index contributed by atoms with van der Waals surface area (Å²) >= 11 is 5.96. The molecular formula is C16H17ClN2O. The van der Waals surface area contributed by atoms with Gasteiger partial charge >= 0.3 is 0 Å². The Hall–Kier alpha value is -2.00. The lowest BCUT2D eigenvalue weighted by Gasteiger charge is -2.16. The van der Waals surface area contributed by atoms with E-state index < -0.39 is 0 Å². The van der Waals surface area contributed by atoms with Gasteiger partial charge in [-0.3, -0.25) is 4.79 Å². The van der Waals surface area contributed by atoms with Crippen molar-refractivity contribution in [1.29, 1.82) is 0 Å². The van der Waals surface area contributed by atoms with E-state index in [1.54, 1.807) is 18.2 Å². The normalized spacial score (nSPS) is 11.9. The van der Waals surface area contributed by atoms with E-state index in [1.807, 2.05) is 38.1 Å². The Morgan fingerprint density at radius 1 is 1.25 bits per heavy atom. The third-order valence-corrected chi connectivity index (χ3v) is 3.55. The van der Waals surface area contributed by atoms with Crippen LogP contribution in [0.3, 0.4) is 0 Å². The van der Waals surface area contributed by atoms with Crippen molar-refractivity contribution in [3.05, 3.63) is 64.2 Å². The molecule has 104 valence electrons. The summed E-state index contributed by atoms with van der Waals surface area (Å²) in [5, 5.41) is 3.61. The first-order valence-electron chi connectivity index (χ1n) is 6.40. The first kappa shape index (κ1) is 14.4. The fourth-order valence-corrected chi connectivity index (χ4v) is 2.23. The molecule has 0 aliphatic carbocycles. The molecule has 2 aromatic carbocycles. The van der Waals surface area contributed by atoms with Gasteiger partial charge < -0.3 is 11.1 Å². The van der Waals surface area contributed by atoms with E-state index in [4.69, 9.17) is 17.3 Å². The minimum Gasteiger partial charge on any atom is -0.398 e. The topological polar surface area (TPSA) is 55.1 Å². The van der Waals surface area contributed by atoms with Gasteiger partial charge in [-0.05, 0) is 49.2 Å². The lowest BCUT2D eigenvalue weighted by atomic mass is 10.0. The average molecular weight is 289 g/mol. The Bertz CT molecular complexity index is 640. The number of nitrogens with one attached hydrogen (secondary N) is 1. The largest absolute Gasteiger partial charge is 0.398 e. The summed E-state index contributed by atoms with van der Waals surface area (Å²) in [5.41, 5.74) is 8.80. The Labute approximate surface area is 123 Å². The maximum atomic E-state index is 12.3. The van der Waals surface area contributed by atoms with Gasteiger partial charge in [-0.1, -0.05) is 29.8 Å². The van der Waals surface area contributed by atoms with E-state index in [1.165, 1.54) is 0 Å². The molecule has 2 rings (SSSR count). The molecule has 4 heteroatoms. The first-order chi connectivity index (χ1) is 9.49. The summed E-state index contributed by atoms with van der Waals surface area (Å²) in [7, 11) is 0. The fraction of sp³-hybridized carbons (Fsp3) is 0.188. The van der Waals surface area contributed by atoms with E-state index in [0.29, 0.717) is 16.3 Å². The van der Waals surface area contributed by atoms with Crippen molar-refractivity contribution < 1.29 is 4.79 Å². The van der Waals surface area contributed by atoms with Crippen molar-refractivity contribution in [2.24, 2.45) is 0 Å². The number of rotatable bonds is 3. The van der Waals surface area contributed by atoms with Crippen molar-refractivity contribution in [3.8, 4) is 0 Å². The van der Waals surface area contributed by atoms with Crippen LogP contribution in [0.4, 0.5) is 5.69 Å². The predicted octanol–water partition coefficient (Wildman–Crippen LogP) is 3.72. The molecule has 20 heavy (non-hydrogen) atoms. The molecule has 0 aliphatic rings. The van der Waals surface area contributed by atoms with Gasteiger partial charge in [-0.2, -0.15) is 0 Å². The van der Waals surface area contributed by atoms with Crippen LogP contribution in [-0.2, 0) is 0 Å². The Kier molecular flexibility index (Phi) is 4.30. The van der Waals surface area contributed by atoms with E-state index >= 15 is 0 Å². The number of halogens is 1. The van der Waals surface area contributed by atoms with Crippen LogP contribution in [-0.4, -0.2) is 5.91 Å². The minimum absolute atomic E-state index is 0.123. The van der Waals surface area contributed by atoms with Gasteiger partial charge in [-0.25, -0.2) is 0 Å². The van der Waals surface area contributed by atoms with Gasteiger partial charge in [0.1, 0.15) is 0 Å². The summed E-state index contributed by atoms with van der Waals surface area (Å²) < 4.78 is 0. The summed E-state index contributed by atoms with van der Waals surface area (Å²) in [5.74, 6) is -0.137. The Morgan fingerprint density at radius 2 is 1.95 bits per heavy atom. The highest BCUT2D eigenvalue weighted by atomic mass is 35.5. The fourth-order valence-electron chi connectivity index (χ4n) is 2.03. The zero-order chi connectivity index (χ0) is 14.7. The van der Waals surface area contributed by atoms with Crippen LogP contribution in [0.2, 0.25) is 5.02 Å². The van der Waals surface area contributed by atoms with Gasteiger partial charge in [-0.15, -0.1) is 0 Å². The number of benzene rings is 2. The van der Waals surface area contributed by atoms with Crippen molar-refractivity contribution in [1.82, 2.24) is 5.32 Å². The molecule has 1 atom stereocenters. The van der Waals surface area contributed by atoms with Crippen LogP contribution < -0.4 is 11.1 Å². The van der Waals surface area contributed by atoms with Crippen LogP contribution in [0.15, 0.2) is 42.5 Å². The van der Waals surface area contributed by atoms with Gasteiger partial charge in [0.25, 0.3) is 5.91 Å². The van der Waals surface area contributed by atoms with Gasteiger partial charge in [0.05, 0.1) is 6.04 Å². The second kappa shape index (κ2) is 5.97. The molecule has 0 spiro atoms. The molecule has 3 nitrogen and oxygen atoms in total. The molecule has 1 unspecified atom stereocenters. The van der Waals surface area contributed by atoms with E-state index in [9.17, 15) is 4.79 Å². The van der Waals surface area contributed by atoms with Crippen LogP contribution in [0.25, 0.3) is 0 Å². The molecule has 0 bridgehead atoms. The highest BCUT2D eigenvalue weighted by Gasteiger charge is 2.14. The molecule has 0 radical (unpaired) electrons. The smallest absolute Gasteiger partial charge is 0.252 e. The van der Waals surface area contributed by atoms with Crippen molar-refractivity contribution in [2.75, 3.05) is 5.73 Å². The second-order valence-electron chi connectivity index (χ2n) is 4.77. The first-order valence-corrected chi connectivity index (χ1v) is 6.78. The molecule has 0 aromatic heterocycles. The number of amides is 1. The third-order valence-electron chi connectivity index (χ3n) is 3.32. The Balaban J connectivity index is 2.17. The molecule has 0 fully saturated rings. The second-order valence-corrected chi connectivity index (χ2v) is 5.21. The zero-order valence-corrected chi connectivity index (χ0v) is 12.2. The average Bonchev–Trinajstić information content (AvgIpc) is 2.41. The zero-order valence-electron chi connectivity index (χ0n) is 11.5. The number of nitrogen functional groups attached to an aromatic ring is 1. The SMILES string of the molecule is Cc1c(N)cccc1C(=O)NC(C)c1cccc(Cl)c1. The molecule has 0 aliphatic heterocycles. The minimum atomic E-state index is -0.137. The summed E-state index contributed by atoms with van der Waals surface area (Å²) in [6.45, 7) is 3.76. The summed E-state index contributed by atoms with van der Waals surface area (Å²) in [6, 6.07) is 12.7. The number of nitrogens with two attached hydrogens (primary N) is 1. The van der Waals surface area contributed by atoms with Crippen LogP contribution in [0.1, 0.15) is 34.5 Å². The van der Waals surface area contributed by atoms with Crippen molar-refractivity contribution in [2.45, 2.75) is 19.9 Å². The Morgan fingerprint density at radius 3 is 2.65 bits per heavy atom. The van der Waals surface area contributed by atoms with Gasteiger partial charge in [0, 0.05) is 16.3 Å². The molecule has 0 saturated heterocycles. The predicted molar refractivity (Wildman–Crippen MR) is 82.9 cm³/mol. The number of hydrogen-bond donors (Lipinski definition) is 2. The maximum absolute atomic E-state index is 12.3. The summed E-state index contributed by atoms with van der Waals surface area (Å²) in [6.07, 6.45) is 0. The number of carbonyl (C=O) groups is 1. The van der Waals surface area contributed by atoms with Crippen LogP contribution >= 0.6 is 11.6 Å². The number of carbonyl (C=O) groups excluding carboxylic acids is 1. The quantitative estimate of drug-likeness (QED) is 0.846. The van der Waals surface area contributed by atoms with E-state index in [0.717, 1.165) is 11.1 Å². The molecule has 0 saturated carbocycles. The molecular weight excluding hydrogens is 272 g/mol. The maximum Gasteiger partial charge on any atom is 0.252 e.